The largest absolute Gasteiger partial charge is 0.375 e. The van der Waals surface area contributed by atoms with Crippen LogP contribution >= 0.6 is 0 Å². The Bertz CT molecular complexity index is 673. The van der Waals surface area contributed by atoms with Crippen molar-refractivity contribution in [2.75, 3.05) is 10.2 Å². The fraction of sp³-hybridized carbons (Fsp3) is 0.111. The van der Waals surface area contributed by atoms with E-state index in [0.29, 0.717) is 12.1 Å². The zero-order valence-corrected chi connectivity index (χ0v) is 11.1. The first kappa shape index (κ1) is 11.4. The molecule has 4 rings (SSSR count). The molecule has 20 heavy (non-hydrogen) atoms. The first-order chi connectivity index (χ1) is 9.93. The molecule has 0 saturated heterocycles. The highest BCUT2D eigenvalue weighted by Gasteiger charge is 2.32. The number of para-hydroxylation sites is 3. The van der Waals surface area contributed by atoms with E-state index < -0.39 is 0 Å². The van der Waals surface area contributed by atoms with Crippen molar-refractivity contribution in [3.05, 3.63) is 78.9 Å². The third-order valence-corrected chi connectivity index (χ3v) is 3.92. The van der Waals surface area contributed by atoms with Gasteiger partial charge in [0, 0.05) is 5.69 Å². The molecule has 2 aromatic carbocycles. The van der Waals surface area contributed by atoms with Gasteiger partial charge in [0.15, 0.2) is 0 Å². The minimum atomic E-state index is 0.315. The lowest BCUT2D eigenvalue weighted by molar-refractivity contribution is 0.693. The van der Waals surface area contributed by atoms with E-state index in [2.05, 4.69) is 89.1 Å². The van der Waals surface area contributed by atoms with Crippen molar-refractivity contribution >= 4 is 17.1 Å². The fourth-order valence-corrected chi connectivity index (χ4v) is 3.02. The van der Waals surface area contributed by atoms with Crippen LogP contribution in [0.5, 0.6) is 0 Å². The van der Waals surface area contributed by atoms with Gasteiger partial charge in [0.1, 0.15) is 0 Å². The molecule has 2 atom stereocenters. The van der Waals surface area contributed by atoms with Crippen LogP contribution in [-0.2, 0) is 0 Å². The van der Waals surface area contributed by atoms with Crippen LogP contribution in [0.3, 0.4) is 0 Å². The van der Waals surface area contributed by atoms with Gasteiger partial charge >= 0.3 is 0 Å². The molecule has 0 radical (unpaired) electrons. The Morgan fingerprint density at radius 2 is 1.55 bits per heavy atom. The second-order valence-corrected chi connectivity index (χ2v) is 5.15. The third kappa shape index (κ3) is 1.73. The summed E-state index contributed by atoms with van der Waals surface area (Å²) in [5.41, 5.74) is 3.66. The number of nitrogens with one attached hydrogen (secondary N) is 1. The summed E-state index contributed by atoms with van der Waals surface area (Å²) < 4.78 is 0. The minimum absolute atomic E-state index is 0.315. The number of fused-ring (bicyclic) bond motifs is 2. The topological polar surface area (TPSA) is 15.3 Å². The molecule has 1 aliphatic carbocycles. The van der Waals surface area contributed by atoms with Gasteiger partial charge in [0.05, 0.1) is 23.5 Å². The monoisotopic (exact) mass is 260 g/mol. The molecule has 0 bridgehead atoms. The van der Waals surface area contributed by atoms with Crippen LogP contribution in [0.2, 0.25) is 0 Å². The zero-order chi connectivity index (χ0) is 13.4. The van der Waals surface area contributed by atoms with Crippen LogP contribution in [0, 0.1) is 0 Å². The maximum atomic E-state index is 3.62. The van der Waals surface area contributed by atoms with Gasteiger partial charge in [-0.15, -0.1) is 0 Å². The van der Waals surface area contributed by atoms with Gasteiger partial charge in [-0.1, -0.05) is 54.6 Å². The average Bonchev–Trinajstić information content (AvgIpc) is 2.53. The predicted molar refractivity (Wildman–Crippen MR) is 84.5 cm³/mol. The summed E-state index contributed by atoms with van der Waals surface area (Å²) in [6, 6.07) is 19.7. The van der Waals surface area contributed by atoms with Crippen LogP contribution in [0.15, 0.2) is 78.9 Å². The number of rotatable bonds is 1. The number of anilines is 3. The molecular weight excluding hydrogens is 244 g/mol. The Kier molecular flexibility index (Phi) is 2.59. The third-order valence-electron chi connectivity index (χ3n) is 3.92. The lowest BCUT2D eigenvalue weighted by atomic mass is 9.95. The lowest BCUT2D eigenvalue weighted by Gasteiger charge is -2.43. The van der Waals surface area contributed by atoms with Crippen LogP contribution < -0.4 is 10.2 Å². The summed E-state index contributed by atoms with van der Waals surface area (Å²) in [5.74, 6) is 0. The Morgan fingerprint density at radius 1 is 0.800 bits per heavy atom. The van der Waals surface area contributed by atoms with E-state index in [9.17, 15) is 0 Å². The quantitative estimate of drug-likeness (QED) is 0.830. The summed E-state index contributed by atoms with van der Waals surface area (Å²) in [6.45, 7) is 0. The molecule has 0 saturated carbocycles. The summed E-state index contributed by atoms with van der Waals surface area (Å²) in [5, 5.41) is 3.62. The number of hydrogen-bond acceptors (Lipinski definition) is 2. The van der Waals surface area contributed by atoms with E-state index in [1.807, 2.05) is 0 Å². The molecule has 1 N–H and O–H groups in total. The van der Waals surface area contributed by atoms with E-state index in [-0.39, 0.29) is 0 Å². The SMILES string of the molecule is C1=CC2Nc3ccccc3N(c3ccccc3)C2C=C1. The lowest BCUT2D eigenvalue weighted by Crippen LogP contribution is -2.47. The van der Waals surface area contributed by atoms with Gasteiger partial charge in [-0.2, -0.15) is 0 Å². The van der Waals surface area contributed by atoms with Crippen LogP contribution in [0.4, 0.5) is 17.1 Å². The Hall–Kier alpha value is -2.48. The molecule has 2 nitrogen and oxygen atoms in total. The van der Waals surface area contributed by atoms with Crippen LogP contribution in [0.1, 0.15) is 0 Å². The highest BCUT2D eigenvalue weighted by molar-refractivity contribution is 5.81. The molecule has 0 amide bonds. The molecule has 0 aromatic heterocycles. The first-order valence-electron chi connectivity index (χ1n) is 6.98. The van der Waals surface area contributed by atoms with Crippen molar-refractivity contribution in [3.8, 4) is 0 Å². The van der Waals surface area contributed by atoms with Gasteiger partial charge in [-0.25, -0.2) is 0 Å². The van der Waals surface area contributed by atoms with E-state index in [4.69, 9.17) is 0 Å². The van der Waals surface area contributed by atoms with E-state index >= 15 is 0 Å². The van der Waals surface area contributed by atoms with Crippen molar-refractivity contribution in [3.63, 3.8) is 0 Å². The number of hydrogen-bond donors (Lipinski definition) is 1. The summed E-state index contributed by atoms with van der Waals surface area (Å²) in [6.07, 6.45) is 8.75. The maximum absolute atomic E-state index is 3.62. The fourth-order valence-electron chi connectivity index (χ4n) is 3.02. The van der Waals surface area contributed by atoms with Crippen molar-refractivity contribution in [2.45, 2.75) is 12.1 Å². The van der Waals surface area contributed by atoms with Gasteiger partial charge in [0.2, 0.25) is 0 Å². The highest BCUT2D eigenvalue weighted by Crippen LogP contribution is 2.40. The van der Waals surface area contributed by atoms with Crippen molar-refractivity contribution in [1.29, 1.82) is 0 Å². The maximum Gasteiger partial charge on any atom is 0.0763 e. The van der Waals surface area contributed by atoms with Gasteiger partial charge < -0.3 is 10.2 Å². The van der Waals surface area contributed by atoms with Gasteiger partial charge in [-0.3, -0.25) is 0 Å². The van der Waals surface area contributed by atoms with Gasteiger partial charge in [0.25, 0.3) is 0 Å². The zero-order valence-electron chi connectivity index (χ0n) is 11.1. The molecule has 0 fully saturated rings. The molecule has 1 heterocycles. The molecule has 2 aliphatic rings. The summed E-state index contributed by atoms with van der Waals surface area (Å²) in [4.78, 5) is 2.41. The first-order valence-corrected chi connectivity index (χ1v) is 6.98. The highest BCUT2D eigenvalue weighted by atomic mass is 15.2. The summed E-state index contributed by atoms with van der Waals surface area (Å²) >= 11 is 0. The average molecular weight is 260 g/mol. The van der Waals surface area contributed by atoms with Crippen LogP contribution in [0.25, 0.3) is 0 Å². The second kappa shape index (κ2) is 4.57. The minimum Gasteiger partial charge on any atom is -0.375 e. The smallest absolute Gasteiger partial charge is 0.0763 e. The van der Waals surface area contributed by atoms with Crippen LogP contribution in [-0.4, -0.2) is 12.1 Å². The Labute approximate surface area is 119 Å². The molecule has 2 heteroatoms. The van der Waals surface area contributed by atoms with Gasteiger partial charge in [-0.05, 0) is 24.3 Å². The number of benzene rings is 2. The normalized spacial score (nSPS) is 22.9. The number of allylic oxidation sites excluding steroid dienone is 2. The predicted octanol–water partition coefficient (Wildman–Crippen LogP) is 4.11. The molecule has 1 aliphatic heterocycles. The molecular formula is C18H16N2. The molecule has 2 aromatic rings. The van der Waals surface area contributed by atoms with Crippen molar-refractivity contribution in [2.24, 2.45) is 0 Å². The molecule has 2 unspecified atom stereocenters. The summed E-state index contributed by atoms with van der Waals surface area (Å²) in [7, 11) is 0. The standard InChI is InChI=1S/C18H16N2/c1-2-8-14(9-3-1)20-17-12-6-4-10-15(17)19-16-11-5-7-13-18(16)20/h1-13,15,17,19H. The Balaban J connectivity index is 1.89. The molecule has 98 valence electrons. The Morgan fingerprint density at radius 3 is 2.45 bits per heavy atom. The number of nitrogens with zero attached hydrogens (tertiary/aromatic N) is 1. The molecule has 0 spiro atoms. The second-order valence-electron chi connectivity index (χ2n) is 5.15. The van der Waals surface area contributed by atoms with E-state index in [1.54, 1.807) is 0 Å². The van der Waals surface area contributed by atoms with Crippen molar-refractivity contribution < 1.29 is 0 Å². The van der Waals surface area contributed by atoms with Crippen molar-refractivity contribution in [1.82, 2.24) is 0 Å². The van der Waals surface area contributed by atoms with E-state index in [0.717, 1.165) is 0 Å². The van der Waals surface area contributed by atoms with E-state index in [1.165, 1.54) is 17.1 Å².